The van der Waals surface area contributed by atoms with Crippen LogP contribution < -0.4 is 10.1 Å². The van der Waals surface area contributed by atoms with Crippen molar-refractivity contribution < 1.29 is 9.53 Å². The fourth-order valence-corrected chi connectivity index (χ4v) is 1.74. The fraction of sp³-hybridized carbons (Fsp3) is 0.533. The molecular formula is C15H21NO2. The van der Waals surface area contributed by atoms with E-state index in [4.69, 9.17) is 4.74 Å². The van der Waals surface area contributed by atoms with Gasteiger partial charge in [-0.15, -0.1) is 0 Å². The van der Waals surface area contributed by atoms with Crippen molar-refractivity contribution in [1.82, 2.24) is 5.32 Å². The standard InChI is InChI=1S/C15H21NO2/c1-11(2)16-9-8-15(17)12-4-3-5-14(10-12)18-13-6-7-13/h3-5,10-11,13,16H,6-9H2,1-2H3. The monoisotopic (exact) mass is 247 g/mol. The maximum absolute atomic E-state index is 12.0. The van der Waals surface area contributed by atoms with Gasteiger partial charge in [-0.2, -0.15) is 0 Å². The second-order valence-corrected chi connectivity index (χ2v) is 5.13. The molecule has 18 heavy (non-hydrogen) atoms. The molecule has 0 spiro atoms. The number of carbonyl (C=O) groups excluding carboxylic acids is 1. The first-order valence-corrected chi connectivity index (χ1v) is 6.68. The summed E-state index contributed by atoms with van der Waals surface area (Å²) in [6, 6.07) is 7.94. The number of hydrogen-bond donors (Lipinski definition) is 1. The normalized spacial score (nSPS) is 14.8. The number of rotatable bonds is 7. The lowest BCUT2D eigenvalue weighted by atomic mass is 10.1. The third-order valence-corrected chi connectivity index (χ3v) is 2.89. The third kappa shape index (κ3) is 4.15. The molecule has 2 rings (SSSR count). The van der Waals surface area contributed by atoms with Gasteiger partial charge in [0.05, 0.1) is 6.10 Å². The topological polar surface area (TPSA) is 38.3 Å². The second kappa shape index (κ2) is 6.01. The van der Waals surface area contributed by atoms with Crippen molar-refractivity contribution in [3.8, 4) is 5.75 Å². The van der Waals surface area contributed by atoms with E-state index in [1.807, 2.05) is 24.3 Å². The first-order valence-electron chi connectivity index (χ1n) is 6.68. The minimum Gasteiger partial charge on any atom is -0.490 e. The SMILES string of the molecule is CC(C)NCCC(=O)c1cccc(OC2CC2)c1. The highest BCUT2D eigenvalue weighted by atomic mass is 16.5. The third-order valence-electron chi connectivity index (χ3n) is 2.89. The molecule has 98 valence electrons. The van der Waals surface area contributed by atoms with Crippen LogP contribution in [0.2, 0.25) is 0 Å². The molecule has 1 aromatic rings. The molecule has 0 aromatic heterocycles. The summed E-state index contributed by atoms with van der Waals surface area (Å²) in [4.78, 5) is 12.0. The van der Waals surface area contributed by atoms with Crippen LogP contribution in [0.15, 0.2) is 24.3 Å². The first kappa shape index (κ1) is 13.1. The average Bonchev–Trinajstić information content (AvgIpc) is 3.13. The molecule has 1 aromatic carbocycles. The molecule has 1 aliphatic carbocycles. The van der Waals surface area contributed by atoms with Crippen LogP contribution in [-0.4, -0.2) is 24.5 Å². The number of ether oxygens (including phenoxy) is 1. The van der Waals surface area contributed by atoms with Crippen molar-refractivity contribution >= 4 is 5.78 Å². The maximum Gasteiger partial charge on any atom is 0.164 e. The highest BCUT2D eigenvalue weighted by Crippen LogP contribution is 2.27. The summed E-state index contributed by atoms with van der Waals surface area (Å²) in [6.45, 7) is 4.88. The summed E-state index contributed by atoms with van der Waals surface area (Å²) in [7, 11) is 0. The van der Waals surface area contributed by atoms with E-state index in [1.54, 1.807) is 0 Å². The summed E-state index contributed by atoms with van der Waals surface area (Å²) >= 11 is 0. The van der Waals surface area contributed by atoms with Crippen LogP contribution in [0.1, 0.15) is 43.5 Å². The molecule has 1 saturated carbocycles. The molecule has 0 bridgehead atoms. The molecule has 0 radical (unpaired) electrons. The molecule has 0 atom stereocenters. The molecule has 1 fully saturated rings. The Morgan fingerprint density at radius 1 is 1.44 bits per heavy atom. The minimum atomic E-state index is 0.171. The van der Waals surface area contributed by atoms with Crippen LogP contribution in [0.4, 0.5) is 0 Å². The van der Waals surface area contributed by atoms with E-state index in [2.05, 4.69) is 19.2 Å². The number of hydrogen-bond acceptors (Lipinski definition) is 3. The number of benzene rings is 1. The Labute approximate surface area is 109 Å². The maximum atomic E-state index is 12.0. The summed E-state index contributed by atoms with van der Waals surface area (Å²) in [6.07, 6.45) is 3.18. The second-order valence-electron chi connectivity index (χ2n) is 5.13. The van der Waals surface area contributed by atoms with Gasteiger partial charge in [-0.1, -0.05) is 26.0 Å². The average molecular weight is 247 g/mol. The number of Topliss-reactive ketones (excluding diaryl/α,β-unsaturated/α-hetero) is 1. The Balaban J connectivity index is 1.88. The molecular weight excluding hydrogens is 226 g/mol. The Hall–Kier alpha value is -1.35. The van der Waals surface area contributed by atoms with E-state index in [-0.39, 0.29) is 5.78 Å². The molecule has 3 nitrogen and oxygen atoms in total. The van der Waals surface area contributed by atoms with E-state index in [1.165, 1.54) is 0 Å². The summed E-state index contributed by atoms with van der Waals surface area (Å²) in [5.41, 5.74) is 0.749. The lowest BCUT2D eigenvalue weighted by molar-refractivity contribution is 0.0981. The van der Waals surface area contributed by atoms with Crippen LogP contribution in [0.5, 0.6) is 5.75 Å². The predicted molar refractivity (Wildman–Crippen MR) is 72.2 cm³/mol. The van der Waals surface area contributed by atoms with Crippen molar-refractivity contribution in [2.75, 3.05) is 6.54 Å². The van der Waals surface area contributed by atoms with E-state index in [0.29, 0.717) is 18.6 Å². The van der Waals surface area contributed by atoms with Gasteiger partial charge in [-0.25, -0.2) is 0 Å². The number of carbonyl (C=O) groups is 1. The van der Waals surface area contributed by atoms with Crippen LogP contribution in [0.3, 0.4) is 0 Å². The van der Waals surface area contributed by atoms with Crippen molar-refractivity contribution in [3.63, 3.8) is 0 Å². The van der Waals surface area contributed by atoms with Gasteiger partial charge in [-0.05, 0) is 25.0 Å². The zero-order valence-corrected chi connectivity index (χ0v) is 11.1. The van der Waals surface area contributed by atoms with Crippen LogP contribution in [0.25, 0.3) is 0 Å². The van der Waals surface area contributed by atoms with Crippen molar-refractivity contribution in [2.45, 2.75) is 45.3 Å². The molecule has 3 heteroatoms. The molecule has 1 N–H and O–H groups in total. The van der Waals surface area contributed by atoms with E-state index in [9.17, 15) is 4.79 Å². The van der Waals surface area contributed by atoms with E-state index >= 15 is 0 Å². The number of ketones is 1. The highest BCUT2D eigenvalue weighted by molar-refractivity contribution is 5.96. The Kier molecular flexibility index (Phi) is 4.37. The van der Waals surface area contributed by atoms with Gasteiger partial charge in [0.1, 0.15) is 5.75 Å². The van der Waals surface area contributed by atoms with Gasteiger partial charge in [0.2, 0.25) is 0 Å². The Morgan fingerprint density at radius 3 is 2.89 bits per heavy atom. The molecule has 0 aliphatic heterocycles. The fourth-order valence-electron chi connectivity index (χ4n) is 1.74. The molecule has 1 aliphatic rings. The summed E-state index contributed by atoms with van der Waals surface area (Å²) < 4.78 is 5.69. The largest absolute Gasteiger partial charge is 0.490 e. The molecule has 0 heterocycles. The lowest BCUT2D eigenvalue weighted by Crippen LogP contribution is -2.25. The van der Waals surface area contributed by atoms with Crippen LogP contribution in [0, 0.1) is 0 Å². The predicted octanol–water partition coefficient (Wildman–Crippen LogP) is 2.80. The minimum absolute atomic E-state index is 0.171. The quantitative estimate of drug-likeness (QED) is 0.753. The van der Waals surface area contributed by atoms with Gasteiger partial charge in [0, 0.05) is 24.6 Å². The summed E-state index contributed by atoms with van der Waals surface area (Å²) in [5.74, 6) is 0.990. The van der Waals surface area contributed by atoms with E-state index < -0.39 is 0 Å². The molecule has 0 amide bonds. The zero-order valence-electron chi connectivity index (χ0n) is 11.1. The van der Waals surface area contributed by atoms with Gasteiger partial charge < -0.3 is 10.1 Å². The van der Waals surface area contributed by atoms with Gasteiger partial charge in [-0.3, -0.25) is 4.79 Å². The van der Waals surface area contributed by atoms with Crippen LogP contribution >= 0.6 is 0 Å². The zero-order chi connectivity index (χ0) is 13.0. The summed E-state index contributed by atoms with van der Waals surface area (Å²) in [5, 5.41) is 3.25. The Morgan fingerprint density at radius 2 is 2.22 bits per heavy atom. The number of nitrogens with one attached hydrogen (secondary N) is 1. The smallest absolute Gasteiger partial charge is 0.164 e. The Bertz CT molecular complexity index is 411. The highest BCUT2D eigenvalue weighted by Gasteiger charge is 2.23. The van der Waals surface area contributed by atoms with Gasteiger partial charge in [0.25, 0.3) is 0 Å². The van der Waals surface area contributed by atoms with Crippen molar-refractivity contribution in [2.24, 2.45) is 0 Å². The van der Waals surface area contributed by atoms with Gasteiger partial charge >= 0.3 is 0 Å². The first-order chi connectivity index (χ1) is 8.65. The molecule has 0 unspecified atom stereocenters. The van der Waals surface area contributed by atoms with Crippen molar-refractivity contribution in [3.05, 3.63) is 29.8 Å². The van der Waals surface area contributed by atoms with Crippen LogP contribution in [-0.2, 0) is 0 Å². The molecule has 0 saturated heterocycles. The van der Waals surface area contributed by atoms with Gasteiger partial charge in [0.15, 0.2) is 5.78 Å². The van der Waals surface area contributed by atoms with Crippen molar-refractivity contribution in [1.29, 1.82) is 0 Å². The van der Waals surface area contributed by atoms with E-state index in [0.717, 1.165) is 30.7 Å². The lowest BCUT2D eigenvalue weighted by Gasteiger charge is -2.08.